The minimum atomic E-state index is -0.284. The highest BCUT2D eigenvalue weighted by Gasteiger charge is 2.25. The quantitative estimate of drug-likeness (QED) is 0.374. The first-order valence-electron chi connectivity index (χ1n) is 11.8. The van der Waals surface area contributed by atoms with Gasteiger partial charge in [-0.3, -0.25) is 4.79 Å². The van der Waals surface area contributed by atoms with E-state index in [4.69, 9.17) is 9.15 Å². The van der Waals surface area contributed by atoms with Gasteiger partial charge in [-0.25, -0.2) is 4.39 Å². The Morgan fingerprint density at radius 1 is 0.972 bits per heavy atom. The number of ether oxygens (including phenoxy) is 1. The molecule has 0 radical (unpaired) electrons. The molecular weight excluding hydrogens is 463 g/mol. The molecule has 10 heteroatoms. The number of amides is 1. The highest BCUT2D eigenvalue weighted by Crippen LogP contribution is 2.24. The molecule has 4 aromatic rings. The second-order valence-electron chi connectivity index (χ2n) is 8.42. The lowest BCUT2D eigenvalue weighted by molar-refractivity contribution is -0.125. The molecule has 0 unspecified atom stereocenters. The number of hydrogen-bond donors (Lipinski definition) is 1. The van der Waals surface area contributed by atoms with E-state index < -0.39 is 0 Å². The van der Waals surface area contributed by atoms with Gasteiger partial charge >= 0.3 is 0 Å². The first-order valence-corrected chi connectivity index (χ1v) is 11.8. The van der Waals surface area contributed by atoms with Crippen molar-refractivity contribution >= 4 is 11.7 Å². The zero-order valence-corrected chi connectivity index (χ0v) is 19.5. The maximum Gasteiger partial charge on any atom is 0.233 e. The summed E-state index contributed by atoms with van der Waals surface area (Å²) in [5.74, 6) is 1.48. The standard InChI is InChI=1S/C26H25FN6O3/c27-20-5-3-18(4-6-20)21-7-9-24(31-29-21)33-14-11-19(12-15-33)26(34)28-13-17-36-25-10-8-22(30-32-25)23-2-1-16-35-23/h1-10,16,19H,11-15,17H2,(H,28,34). The molecule has 0 aliphatic carbocycles. The second kappa shape index (κ2) is 10.9. The van der Waals surface area contributed by atoms with Crippen LogP contribution in [0, 0.1) is 11.7 Å². The summed E-state index contributed by atoms with van der Waals surface area (Å²) in [5, 5.41) is 19.7. The van der Waals surface area contributed by atoms with Crippen LogP contribution in [0.25, 0.3) is 22.7 Å². The summed E-state index contributed by atoms with van der Waals surface area (Å²) < 4.78 is 24.0. The molecule has 0 bridgehead atoms. The largest absolute Gasteiger partial charge is 0.475 e. The van der Waals surface area contributed by atoms with Gasteiger partial charge in [0.1, 0.15) is 18.1 Å². The highest BCUT2D eigenvalue weighted by molar-refractivity contribution is 5.79. The maximum atomic E-state index is 13.1. The molecule has 1 N–H and O–H groups in total. The first kappa shape index (κ1) is 23.4. The smallest absolute Gasteiger partial charge is 0.233 e. The minimum absolute atomic E-state index is 0.0234. The Morgan fingerprint density at radius 3 is 2.42 bits per heavy atom. The Bertz CT molecular complexity index is 1260. The number of carbonyl (C=O) groups is 1. The van der Waals surface area contributed by atoms with Gasteiger partial charge < -0.3 is 19.4 Å². The molecule has 5 rings (SSSR count). The van der Waals surface area contributed by atoms with Gasteiger partial charge in [-0.1, -0.05) is 0 Å². The summed E-state index contributed by atoms with van der Waals surface area (Å²) in [6, 6.07) is 17.0. The van der Waals surface area contributed by atoms with Gasteiger partial charge in [-0.2, -0.15) is 0 Å². The van der Waals surface area contributed by atoms with Crippen LogP contribution in [0.1, 0.15) is 12.8 Å². The summed E-state index contributed by atoms with van der Waals surface area (Å²) >= 11 is 0. The van der Waals surface area contributed by atoms with Gasteiger partial charge in [0.15, 0.2) is 11.6 Å². The van der Waals surface area contributed by atoms with Crippen LogP contribution in [0.15, 0.2) is 71.3 Å². The highest BCUT2D eigenvalue weighted by atomic mass is 19.1. The number of piperidine rings is 1. The van der Waals surface area contributed by atoms with Crippen molar-refractivity contribution in [2.24, 2.45) is 5.92 Å². The van der Waals surface area contributed by atoms with Crippen LogP contribution in [-0.4, -0.2) is 52.5 Å². The van der Waals surface area contributed by atoms with Gasteiger partial charge in [0.2, 0.25) is 11.8 Å². The number of nitrogens with zero attached hydrogens (tertiary/aromatic N) is 5. The van der Waals surface area contributed by atoms with Crippen LogP contribution in [-0.2, 0) is 4.79 Å². The molecule has 1 amide bonds. The third kappa shape index (κ3) is 5.65. The fourth-order valence-electron chi connectivity index (χ4n) is 4.07. The Labute approximate surface area is 207 Å². The van der Waals surface area contributed by atoms with Crippen LogP contribution in [0.2, 0.25) is 0 Å². The van der Waals surface area contributed by atoms with Crippen molar-refractivity contribution in [3.8, 4) is 28.6 Å². The molecule has 1 aliphatic heterocycles. The number of halogens is 1. The fraction of sp³-hybridized carbons (Fsp3) is 0.269. The molecule has 1 saturated heterocycles. The van der Waals surface area contributed by atoms with Gasteiger partial charge in [-0.05, 0) is 67.4 Å². The van der Waals surface area contributed by atoms with Crippen LogP contribution in [0.3, 0.4) is 0 Å². The van der Waals surface area contributed by atoms with Crippen LogP contribution < -0.4 is 15.0 Å². The molecule has 4 heterocycles. The van der Waals surface area contributed by atoms with Crippen molar-refractivity contribution in [3.63, 3.8) is 0 Å². The van der Waals surface area contributed by atoms with Crippen LogP contribution in [0.5, 0.6) is 5.88 Å². The van der Waals surface area contributed by atoms with Gasteiger partial charge in [-0.15, -0.1) is 20.4 Å². The van der Waals surface area contributed by atoms with Crippen molar-refractivity contribution in [1.82, 2.24) is 25.7 Å². The van der Waals surface area contributed by atoms with Crippen molar-refractivity contribution < 1.29 is 18.3 Å². The fourth-order valence-corrected chi connectivity index (χ4v) is 4.07. The predicted octanol–water partition coefficient (Wildman–Crippen LogP) is 3.74. The average Bonchev–Trinajstić information content (AvgIpc) is 3.47. The molecule has 9 nitrogen and oxygen atoms in total. The normalized spacial score (nSPS) is 14.0. The number of carbonyl (C=O) groups excluding carboxylic acids is 1. The number of aromatic nitrogens is 4. The number of furan rings is 1. The van der Waals surface area contributed by atoms with Crippen molar-refractivity contribution in [1.29, 1.82) is 0 Å². The molecule has 1 aliphatic rings. The molecule has 1 fully saturated rings. The lowest BCUT2D eigenvalue weighted by atomic mass is 9.96. The first-order chi connectivity index (χ1) is 17.7. The van der Waals surface area contributed by atoms with Crippen molar-refractivity contribution in [2.45, 2.75) is 12.8 Å². The lowest BCUT2D eigenvalue weighted by Gasteiger charge is -2.31. The molecule has 36 heavy (non-hydrogen) atoms. The Balaban J connectivity index is 1.03. The van der Waals surface area contributed by atoms with Crippen LogP contribution >= 0.6 is 0 Å². The second-order valence-corrected chi connectivity index (χ2v) is 8.42. The monoisotopic (exact) mass is 488 g/mol. The van der Waals surface area contributed by atoms with E-state index in [1.165, 1.54) is 12.1 Å². The van der Waals surface area contributed by atoms with E-state index in [1.54, 1.807) is 36.6 Å². The zero-order chi connectivity index (χ0) is 24.7. The Kier molecular flexibility index (Phi) is 7.11. The van der Waals surface area contributed by atoms with E-state index in [0.29, 0.717) is 36.2 Å². The summed E-state index contributed by atoms with van der Waals surface area (Å²) in [4.78, 5) is 14.7. The van der Waals surface area contributed by atoms with Gasteiger partial charge in [0.25, 0.3) is 0 Å². The van der Waals surface area contributed by atoms with Crippen LogP contribution in [0.4, 0.5) is 10.2 Å². The summed E-state index contributed by atoms with van der Waals surface area (Å²) in [6.45, 7) is 2.12. The van der Waals surface area contributed by atoms with Gasteiger partial charge in [0, 0.05) is 30.6 Å². The Morgan fingerprint density at radius 2 is 1.75 bits per heavy atom. The summed E-state index contributed by atoms with van der Waals surface area (Å²) in [6.07, 6.45) is 3.04. The summed E-state index contributed by atoms with van der Waals surface area (Å²) in [7, 11) is 0. The SMILES string of the molecule is O=C(NCCOc1ccc(-c2ccco2)nn1)C1CCN(c2ccc(-c3ccc(F)cc3)nn2)CC1. The topological polar surface area (TPSA) is 106 Å². The lowest BCUT2D eigenvalue weighted by Crippen LogP contribution is -2.41. The van der Waals surface area contributed by atoms with E-state index in [9.17, 15) is 9.18 Å². The van der Waals surface area contributed by atoms with E-state index in [1.807, 2.05) is 18.2 Å². The predicted molar refractivity (Wildman–Crippen MR) is 131 cm³/mol. The molecule has 3 aromatic heterocycles. The molecule has 184 valence electrons. The van der Waals surface area contributed by atoms with E-state index in [-0.39, 0.29) is 17.6 Å². The molecule has 0 saturated carbocycles. The van der Waals surface area contributed by atoms with Crippen molar-refractivity contribution in [2.75, 3.05) is 31.1 Å². The van der Waals surface area contributed by atoms with Gasteiger partial charge in [0.05, 0.1) is 18.5 Å². The number of anilines is 1. The van der Waals surface area contributed by atoms with E-state index >= 15 is 0 Å². The molecule has 0 atom stereocenters. The Hall–Kier alpha value is -4.34. The zero-order valence-electron chi connectivity index (χ0n) is 19.5. The minimum Gasteiger partial charge on any atom is -0.475 e. The molecular formula is C26H25FN6O3. The third-order valence-corrected chi connectivity index (χ3v) is 6.05. The maximum absolute atomic E-state index is 13.1. The average molecular weight is 489 g/mol. The number of benzene rings is 1. The number of hydrogen-bond acceptors (Lipinski definition) is 8. The molecule has 1 aromatic carbocycles. The van der Waals surface area contributed by atoms with E-state index in [0.717, 1.165) is 37.3 Å². The number of nitrogens with one attached hydrogen (secondary N) is 1. The summed E-state index contributed by atoms with van der Waals surface area (Å²) in [5.41, 5.74) is 2.13. The molecule has 0 spiro atoms. The third-order valence-electron chi connectivity index (χ3n) is 6.05. The van der Waals surface area contributed by atoms with Crippen molar-refractivity contribution in [3.05, 3.63) is 72.7 Å². The number of rotatable bonds is 8. The van der Waals surface area contributed by atoms with E-state index in [2.05, 4.69) is 30.6 Å².